The summed E-state index contributed by atoms with van der Waals surface area (Å²) in [6, 6.07) is 0. The van der Waals surface area contributed by atoms with E-state index in [-0.39, 0.29) is 0 Å². The fourth-order valence-electron chi connectivity index (χ4n) is 1.62. The standard InChI is InChI=1S/C11H19N.C2H4O2/c1-3-5-7-11-8-6-10-12(11)9-4-2;1-2(3)4/h6,8,10H,3-5,7,9H2,1-2H3;1H3,(H,3,4). The van der Waals surface area contributed by atoms with Gasteiger partial charge in [-0.05, 0) is 25.8 Å². The van der Waals surface area contributed by atoms with Crippen molar-refractivity contribution in [2.45, 2.75) is 46.5 Å². The molecule has 16 heavy (non-hydrogen) atoms. The minimum atomic E-state index is -1.08. The van der Waals surface area contributed by atoms with Crippen LogP contribution in [0.1, 0.15) is 46.5 Å². The minimum absolute atomic E-state index is 0.972. The van der Waals surface area contributed by atoms with E-state index in [4.69, 9.17) is 9.90 Å². The summed E-state index contributed by atoms with van der Waals surface area (Å²) in [6.07, 6.45) is 11.9. The molecule has 0 aromatic heterocycles. The first-order valence-electron chi connectivity index (χ1n) is 6.02. The van der Waals surface area contributed by atoms with Crippen LogP contribution in [-0.4, -0.2) is 12.5 Å². The van der Waals surface area contributed by atoms with Gasteiger partial charge in [-0.15, -0.1) is 0 Å². The van der Waals surface area contributed by atoms with E-state index in [2.05, 4.69) is 32.2 Å². The summed E-state index contributed by atoms with van der Waals surface area (Å²) in [5.41, 5.74) is 1.58. The highest BCUT2D eigenvalue weighted by Gasteiger charge is 2.13. The Balaban J connectivity index is 0.000000487. The number of allylic oxidation sites excluding steroid dienone is 3. The number of hydrogen-bond donors (Lipinski definition) is 1. The number of carbonyl (C=O) groups excluding carboxylic acids is 1. The summed E-state index contributed by atoms with van der Waals surface area (Å²) in [7, 11) is 0. The number of unbranched alkanes of at least 4 members (excludes halogenated alkanes) is 1. The molecule has 1 atom stereocenters. The Hall–Kier alpha value is -1.09. The summed E-state index contributed by atoms with van der Waals surface area (Å²) >= 11 is 0. The van der Waals surface area contributed by atoms with Crippen molar-refractivity contribution in [3.63, 3.8) is 0 Å². The van der Waals surface area contributed by atoms with Gasteiger partial charge in [0.15, 0.2) is 0 Å². The van der Waals surface area contributed by atoms with Crippen LogP contribution in [0, 0.1) is 0 Å². The van der Waals surface area contributed by atoms with E-state index < -0.39 is 5.97 Å². The molecule has 3 nitrogen and oxygen atoms in total. The fraction of sp³-hybridized carbons (Fsp3) is 0.615. The molecule has 1 aliphatic heterocycles. The molecule has 0 bridgehead atoms. The number of carboxylic acid groups (broad SMARTS) is 1. The molecule has 0 aromatic rings. The van der Waals surface area contributed by atoms with Crippen LogP contribution < -0.4 is 10.0 Å². The Labute approximate surface area is 98.5 Å². The maximum Gasteiger partial charge on any atom is 0.112 e. The lowest BCUT2D eigenvalue weighted by molar-refractivity contribution is -0.804. The topological polar surface area (TPSA) is 44.6 Å². The molecule has 1 aliphatic rings. The van der Waals surface area contributed by atoms with Crippen LogP contribution in [0.5, 0.6) is 0 Å². The van der Waals surface area contributed by atoms with Crippen LogP contribution >= 0.6 is 0 Å². The Bertz CT molecular complexity index is 253. The second kappa shape index (κ2) is 9.16. The molecule has 1 rings (SSSR count). The summed E-state index contributed by atoms with van der Waals surface area (Å²) < 4.78 is 0. The van der Waals surface area contributed by atoms with E-state index in [0.29, 0.717) is 0 Å². The van der Waals surface area contributed by atoms with Crippen LogP contribution in [0.25, 0.3) is 0 Å². The molecule has 0 aliphatic carbocycles. The van der Waals surface area contributed by atoms with Crippen LogP contribution in [0.3, 0.4) is 0 Å². The Kier molecular flexibility index (Phi) is 8.53. The van der Waals surface area contributed by atoms with Crippen molar-refractivity contribution in [3.05, 3.63) is 24.0 Å². The number of carbonyl (C=O) groups is 1. The molecule has 0 spiro atoms. The molecule has 1 N–H and O–H groups in total. The predicted molar refractivity (Wildman–Crippen MR) is 63.5 cm³/mol. The predicted octanol–water partition coefficient (Wildman–Crippen LogP) is 0.639. The normalized spacial score (nSPS) is 17.7. The van der Waals surface area contributed by atoms with Gasteiger partial charge in [-0.1, -0.05) is 20.3 Å². The number of carboxylic acids is 1. The first kappa shape index (κ1) is 14.9. The molecule has 0 saturated heterocycles. The van der Waals surface area contributed by atoms with Gasteiger partial charge >= 0.3 is 0 Å². The highest BCUT2D eigenvalue weighted by atomic mass is 16.4. The molecule has 1 unspecified atom stereocenters. The van der Waals surface area contributed by atoms with Crippen molar-refractivity contribution >= 4 is 5.97 Å². The number of quaternary nitrogens is 1. The van der Waals surface area contributed by atoms with Gasteiger partial charge in [0, 0.05) is 18.5 Å². The SMILES string of the molecule is CC(=O)[O-].CCCCC1=CC=C[NH+]1CCC. The van der Waals surface area contributed by atoms with E-state index in [0.717, 1.165) is 6.92 Å². The third kappa shape index (κ3) is 7.23. The fourth-order valence-corrected chi connectivity index (χ4v) is 1.62. The molecule has 0 amide bonds. The van der Waals surface area contributed by atoms with E-state index >= 15 is 0 Å². The van der Waals surface area contributed by atoms with Crippen molar-refractivity contribution in [1.82, 2.24) is 0 Å². The van der Waals surface area contributed by atoms with Gasteiger partial charge in [0.2, 0.25) is 0 Å². The van der Waals surface area contributed by atoms with Gasteiger partial charge in [-0.3, -0.25) is 4.90 Å². The van der Waals surface area contributed by atoms with Gasteiger partial charge in [-0.2, -0.15) is 0 Å². The average Bonchev–Trinajstić information content (AvgIpc) is 2.62. The van der Waals surface area contributed by atoms with E-state index in [1.165, 1.54) is 32.2 Å². The first-order chi connectivity index (χ1) is 7.61. The molecular formula is C13H23NO2. The molecule has 3 heteroatoms. The summed E-state index contributed by atoms with van der Waals surface area (Å²) in [4.78, 5) is 10.5. The first-order valence-corrected chi connectivity index (χ1v) is 6.02. The van der Waals surface area contributed by atoms with Crippen molar-refractivity contribution in [2.24, 2.45) is 0 Å². The zero-order chi connectivity index (χ0) is 12.4. The summed E-state index contributed by atoms with van der Waals surface area (Å²) in [5.74, 6) is -1.08. The zero-order valence-corrected chi connectivity index (χ0v) is 10.6. The van der Waals surface area contributed by atoms with E-state index in [1.54, 1.807) is 10.6 Å². The smallest absolute Gasteiger partial charge is 0.112 e. The molecule has 0 saturated carbocycles. The van der Waals surface area contributed by atoms with Gasteiger partial charge in [0.1, 0.15) is 5.70 Å². The van der Waals surface area contributed by atoms with Crippen LogP contribution in [0.15, 0.2) is 24.0 Å². The number of hydrogen-bond acceptors (Lipinski definition) is 2. The van der Waals surface area contributed by atoms with Crippen LogP contribution in [0.4, 0.5) is 0 Å². The van der Waals surface area contributed by atoms with Gasteiger partial charge < -0.3 is 9.90 Å². The molecular weight excluding hydrogens is 202 g/mol. The van der Waals surface area contributed by atoms with Gasteiger partial charge in [0.05, 0.1) is 12.7 Å². The third-order valence-corrected chi connectivity index (χ3v) is 2.33. The molecule has 0 aromatic carbocycles. The minimum Gasteiger partial charge on any atom is -0.550 e. The van der Waals surface area contributed by atoms with Crippen molar-refractivity contribution < 1.29 is 14.8 Å². The molecule has 0 radical (unpaired) electrons. The van der Waals surface area contributed by atoms with Crippen molar-refractivity contribution in [1.29, 1.82) is 0 Å². The zero-order valence-electron chi connectivity index (χ0n) is 10.6. The lowest BCUT2D eigenvalue weighted by atomic mass is 10.2. The lowest BCUT2D eigenvalue weighted by Crippen LogP contribution is -3.04. The third-order valence-electron chi connectivity index (χ3n) is 2.33. The van der Waals surface area contributed by atoms with Crippen molar-refractivity contribution in [2.75, 3.05) is 6.54 Å². The Morgan fingerprint density at radius 2 is 2.00 bits per heavy atom. The van der Waals surface area contributed by atoms with Crippen LogP contribution in [0.2, 0.25) is 0 Å². The maximum absolute atomic E-state index is 8.89. The lowest BCUT2D eigenvalue weighted by Gasteiger charge is -2.12. The Morgan fingerprint density at radius 3 is 2.50 bits per heavy atom. The van der Waals surface area contributed by atoms with E-state index in [1.807, 2.05) is 0 Å². The molecule has 0 fully saturated rings. The molecule has 1 heterocycles. The second-order valence-corrected chi connectivity index (χ2v) is 3.92. The highest BCUT2D eigenvalue weighted by Crippen LogP contribution is 2.04. The maximum atomic E-state index is 8.89. The monoisotopic (exact) mass is 225 g/mol. The summed E-state index contributed by atoms with van der Waals surface area (Å²) in [5, 5.41) is 8.89. The van der Waals surface area contributed by atoms with Gasteiger partial charge in [-0.25, -0.2) is 0 Å². The summed E-state index contributed by atoms with van der Waals surface area (Å²) in [6.45, 7) is 6.73. The van der Waals surface area contributed by atoms with Crippen LogP contribution in [-0.2, 0) is 4.79 Å². The quantitative estimate of drug-likeness (QED) is 0.746. The van der Waals surface area contributed by atoms with Gasteiger partial charge in [0.25, 0.3) is 0 Å². The van der Waals surface area contributed by atoms with E-state index in [9.17, 15) is 0 Å². The van der Waals surface area contributed by atoms with Crippen molar-refractivity contribution in [3.8, 4) is 0 Å². The molecule has 92 valence electrons. The number of rotatable bonds is 5. The Morgan fingerprint density at radius 1 is 1.38 bits per heavy atom. The number of nitrogens with one attached hydrogen (secondary N) is 1. The highest BCUT2D eigenvalue weighted by molar-refractivity contribution is 5.60. The average molecular weight is 225 g/mol. The largest absolute Gasteiger partial charge is 0.550 e. The number of aliphatic carboxylic acids is 1. The second-order valence-electron chi connectivity index (χ2n) is 3.92.